The highest BCUT2D eigenvalue weighted by Crippen LogP contribution is 2.24. The molecule has 0 radical (unpaired) electrons. The molecule has 1 saturated carbocycles. The van der Waals surface area contributed by atoms with Gasteiger partial charge in [0, 0.05) is 12.5 Å². The molecular formula is C15H28N2O3. The van der Waals surface area contributed by atoms with Gasteiger partial charge in [-0.25, -0.2) is 4.79 Å². The average Bonchev–Trinajstić information content (AvgIpc) is 2.75. The standard InChI is InChI=1S/C15H28N2O3/c1-14(2,3)20-13(19)17-15(4,5)10-16-12(18)11-8-6-7-9-11/h11H,6-10H2,1-5H3,(H,16,18)(H,17,19). The number of hydrogen-bond donors (Lipinski definition) is 2. The SMILES string of the molecule is CC(C)(CNC(=O)C1CCCC1)NC(=O)OC(C)(C)C. The maximum absolute atomic E-state index is 12.0. The number of ether oxygens (including phenoxy) is 1. The molecule has 0 aliphatic heterocycles. The van der Waals surface area contributed by atoms with Gasteiger partial charge in [0.15, 0.2) is 0 Å². The molecule has 1 aliphatic carbocycles. The summed E-state index contributed by atoms with van der Waals surface area (Å²) in [6.45, 7) is 9.60. The third kappa shape index (κ3) is 6.26. The second-order valence-electron chi connectivity index (χ2n) is 7.21. The molecule has 0 atom stereocenters. The van der Waals surface area contributed by atoms with Crippen molar-refractivity contribution >= 4 is 12.0 Å². The summed E-state index contributed by atoms with van der Waals surface area (Å²) in [5.74, 6) is 0.244. The topological polar surface area (TPSA) is 67.4 Å². The Hall–Kier alpha value is -1.26. The molecule has 0 aromatic heterocycles. The van der Waals surface area contributed by atoms with Crippen LogP contribution >= 0.6 is 0 Å². The molecule has 0 aromatic carbocycles. The molecule has 1 aliphatic rings. The van der Waals surface area contributed by atoms with Crippen molar-refractivity contribution in [3.05, 3.63) is 0 Å². The molecule has 0 heterocycles. The van der Waals surface area contributed by atoms with Gasteiger partial charge in [0.2, 0.25) is 5.91 Å². The van der Waals surface area contributed by atoms with Crippen molar-refractivity contribution < 1.29 is 14.3 Å². The molecule has 2 amide bonds. The van der Waals surface area contributed by atoms with E-state index in [1.165, 1.54) is 0 Å². The highest BCUT2D eigenvalue weighted by Gasteiger charge is 2.27. The van der Waals surface area contributed by atoms with E-state index in [-0.39, 0.29) is 11.8 Å². The minimum atomic E-state index is -0.531. The number of nitrogens with one attached hydrogen (secondary N) is 2. The van der Waals surface area contributed by atoms with Gasteiger partial charge in [0.1, 0.15) is 5.60 Å². The number of hydrogen-bond acceptors (Lipinski definition) is 3. The van der Waals surface area contributed by atoms with Gasteiger partial charge in [-0.2, -0.15) is 0 Å². The second-order valence-corrected chi connectivity index (χ2v) is 7.21. The molecule has 116 valence electrons. The lowest BCUT2D eigenvalue weighted by Crippen LogP contribution is -2.53. The second kappa shape index (κ2) is 6.46. The predicted molar refractivity (Wildman–Crippen MR) is 78.4 cm³/mol. The lowest BCUT2D eigenvalue weighted by molar-refractivity contribution is -0.125. The summed E-state index contributed by atoms with van der Waals surface area (Å²) in [6, 6.07) is 0. The van der Waals surface area contributed by atoms with Crippen molar-refractivity contribution in [2.45, 2.75) is 71.4 Å². The zero-order valence-electron chi connectivity index (χ0n) is 13.3. The van der Waals surface area contributed by atoms with E-state index in [1.54, 1.807) is 0 Å². The summed E-state index contributed by atoms with van der Waals surface area (Å²) in [5.41, 5.74) is -1.05. The number of carbonyl (C=O) groups excluding carboxylic acids is 2. The summed E-state index contributed by atoms with van der Waals surface area (Å²) in [5, 5.41) is 5.71. The zero-order valence-corrected chi connectivity index (χ0v) is 13.3. The fourth-order valence-electron chi connectivity index (χ4n) is 2.26. The predicted octanol–water partition coefficient (Wildman–Crippen LogP) is 2.60. The normalized spacial score (nSPS) is 16.9. The van der Waals surface area contributed by atoms with E-state index >= 15 is 0 Å². The molecule has 1 fully saturated rings. The van der Waals surface area contributed by atoms with Crippen LogP contribution in [0.1, 0.15) is 60.3 Å². The maximum atomic E-state index is 12.0. The van der Waals surface area contributed by atoms with Crippen molar-refractivity contribution in [3.8, 4) is 0 Å². The third-order valence-electron chi connectivity index (χ3n) is 3.27. The first-order chi connectivity index (χ1) is 9.09. The molecule has 0 spiro atoms. The monoisotopic (exact) mass is 284 g/mol. The van der Waals surface area contributed by atoms with Crippen molar-refractivity contribution in [3.63, 3.8) is 0 Å². The van der Waals surface area contributed by atoms with Crippen molar-refractivity contribution in [2.75, 3.05) is 6.54 Å². The Labute approximate surface area is 121 Å². The quantitative estimate of drug-likeness (QED) is 0.834. The van der Waals surface area contributed by atoms with Crippen LogP contribution in [-0.2, 0) is 9.53 Å². The van der Waals surface area contributed by atoms with Crippen LogP contribution in [0.25, 0.3) is 0 Å². The fourth-order valence-corrected chi connectivity index (χ4v) is 2.26. The van der Waals surface area contributed by atoms with Crippen LogP contribution in [0.4, 0.5) is 4.79 Å². The van der Waals surface area contributed by atoms with Crippen LogP contribution in [0.15, 0.2) is 0 Å². The molecule has 5 heteroatoms. The summed E-state index contributed by atoms with van der Waals surface area (Å²) in [6.07, 6.45) is 3.77. The minimum absolute atomic E-state index is 0.0987. The van der Waals surface area contributed by atoms with Crippen LogP contribution in [0.3, 0.4) is 0 Å². The number of alkyl carbamates (subject to hydrolysis) is 1. The van der Waals surface area contributed by atoms with Crippen LogP contribution in [0.5, 0.6) is 0 Å². The summed E-state index contributed by atoms with van der Waals surface area (Å²) in [7, 11) is 0. The highest BCUT2D eigenvalue weighted by molar-refractivity contribution is 5.79. The Kier molecular flexibility index (Phi) is 5.42. The molecule has 0 aromatic rings. The molecule has 2 N–H and O–H groups in total. The Morgan fingerprint density at radius 1 is 1.10 bits per heavy atom. The largest absolute Gasteiger partial charge is 0.444 e. The van der Waals surface area contributed by atoms with Crippen molar-refractivity contribution in [2.24, 2.45) is 5.92 Å². The van der Waals surface area contributed by atoms with E-state index in [0.717, 1.165) is 25.7 Å². The number of rotatable bonds is 4. The van der Waals surface area contributed by atoms with Gasteiger partial charge in [-0.05, 0) is 47.5 Å². The highest BCUT2D eigenvalue weighted by atomic mass is 16.6. The lowest BCUT2D eigenvalue weighted by atomic mass is 10.0. The Morgan fingerprint density at radius 3 is 2.15 bits per heavy atom. The third-order valence-corrected chi connectivity index (χ3v) is 3.27. The molecule has 0 unspecified atom stereocenters. The molecule has 0 bridgehead atoms. The van der Waals surface area contributed by atoms with Crippen LogP contribution < -0.4 is 10.6 Å². The van der Waals surface area contributed by atoms with E-state index in [0.29, 0.717) is 6.54 Å². The van der Waals surface area contributed by atoms with Crippen molar-refractivity contribution in [1.82, 2.24) is 10.6 Å². The zero-order chi connectivity index (χ0) is 15.4. The Bertz CT molecular complexity index is 353. The minimum Gasteiger partial charge on any atom is -0.444 e. The van der Waals surface area contributed by atoms with Crippen molar-refractivity contribution in [1.29, 1.82) is 0 Å². The average molecular weight is 284 g/mol. The molecule has 5 nitrogen and oxygen atoms in total. The first-order valence-corrected chi connectivity index (χ1v) is 7.38. The number of carbonyl (C=O) groups is 2. The summed E-state index contributed by atoms with van der Waals surface area (Å²) >= 11 is 0. The van der Waals surface area contributed by atoms with E-state index in [4.69, 9.17) is 4.74 Å². The molecular weight excluding hydrogens is 256 g/mol. The van der Waals surface area contributed by atoms with E-state index < -0.39 is 17.2 Å². The van der Waals surface area contributed by atoms with Gasteiger partial charge < -0.3 is 15.4 Å². The van der Waals surface area contributed by atoms with E-state index in [2.05, 4.69) is 10.6 Å². The first-order valence-electron chi connectivity index (χ1n) is 7.38. The van der Waals surface area contributed by atoms with E-state index in [1.807, 2.05) is 34.6 Å². The Morgan fingerprint density at radius 2 is 1.65 bits per heavy atom. The summed E-state index contributed by atoms with van der Waals surface area (Å²) in [4.78, 5) is 23.7. The first kappa shape index (κ1) is 16.8. The summed E-state index contributed by atoms with van der Waals surface area (Å²) < 4.78 is 5.22. The molecule has 0 saturated heterocycles. The van der Waals surface area contributed by atoms with Crippen LogP contribution in [0.2, 0.25) is 0 Å². The smallest absolute Gasteiger partial charge is 0.408 e. The Balaban J connectivity index is 2.36. The van der Waals surface area contributed by atoms with Gasteiger partial charge in [0.25, 0.3) is 0 Å². The van der Waals surface area contributed by atoms with Crippen LogP contribution in [0, 0.1) is 5.92 Å². The fraction of sp³-hybridized carbons (Fsp3) is 0.867. The maximum Gasteiger partial charge on any atom is 0.408 e. The van der Waals surface area contributed by atoms with Gasteiger partial charge in [-0.3, -0.25) is 4.79 Å². The van der Waals surface area contributed by atoms with Gasteiger partial charge in [-0.1, -0.05) is 12.8 Å². The molecule has 20 heavy (non-hydrogen) atoms. The molecule has 1 rings (SSSR count). The van der Waals surface area contributed by atoms with Gasteiger partial charge in [-0.15, -0.1) is 0 Å². The van der Waals surface area contributed by atoms with E-state index in [9.17, 15) is 9.59 Å². The lowest BCUT2D eigenvalue weighted by Gasteiger charge is -2.29. The van der Waals surface area contributed by atoms with Crippen LogP contribution in [-0.4, -0.2) is 29.7 Å². The van der Waals surface area contributed by atoms with Gasteiger partial charge >= 0.3 is 6.09 Å². The van der Waals surface area contributed by atoms with Gasteiger partial charge in [0.05, 0.1) is 5.54 Å². The number of amides is 2.